The molecule has 1 atom stereocenters. The summed E-state index contributed by atoms with van der Waals surface area (Å²) in [6.45, 7) is 19.9. The van der Waals surface area contributed by atoms with Crippen molar-refractivity contribution in [2.45, 2.75) is 88.0 Å². The van der Waals surface area contributed by atoms with E-state index in [2.05, 4.69) is 59.8 Å². The van der Waals surface area contributed by atoms with Crippen molar-refractivity contribution in [1.29, 1.82) is 0 Å². The van der Waals surface area contributed by atoms with Gasteiger partial charge in [0.2, 0.25) is 5.88 Å². The number of hydrogen-bond donors (Lipinski definition) is 0. The standard InChI is InChI=1S/C25H36N2O.C2H6/c1-8-13-20(17(6)9-2)22-16-19(10-3)25(26-18(22)7)21-14-15-24(28-12-5)27-23(21)11-4;1-2/h13-17H,8-12H2,1-7H3;1-2H3/t17-;/m1./s1. The van der Waals surface area contributed by atoms with Gasteiger partial charge >= 0.3 is 0 Å². The van der Waals surface area contributed by atoms with Gasteiger partial charge in [0.25, 0.3) is 0 Å². The van der Waals surface area contributed by atoms with Crippen molar-refractivity contribution in [3.8, 4) is 17.1 Å². The molecule has 2 aromatic heterocycles. The first kappa shape index (κ1) is 25.9. The molecule has 0 fully saturated rings. The molecule has 0 amide bonds. The number of aromatic nitrogens is 2. The quantitative estimate of drug-likeness (QED) is 0.422. The highest BCUT2D eigenvalue weighted by Gasteiger charge is 2.18. The number of rotatable bonds is 9. The Kier molecular flexibility index (Phi) is 11.4. The van der Waals surface area contributed by atoms with E-state index >= 15 is 0 Å². The number of nitrogens with zero attached hydrogens (tertiary/aromatic N) is 2. The van der Waals surface area contributed by atoms with Crippen LogP contribution in [0.3, 0.4) is 0 Å². The van der Waals surface area contributed by atoms with Crippen LogP contribution in [-0.4, -0.2) is 16.6 Å². The van der Waals surface area contributed by atoms with E-state index in [9.17, 15) is 0 Å². The minimum atomic E-state index is 0.536. The Hall–Kier alpha value is -2.16. The second-order valence-electron chi connectivity index (χ2n) is 7.29. The monoisotopic (exact) mass is 410 g/mol. The van der Waals surface area contributed by atoms with Crippen molar-refractivity contribution in [3.05, 3.63) is 46.8 Å². The molecule has 0 aliphatic heterocycles. The van der Waals surface area contributed by atoms with Crippen LogP contribution in [0.5, 0.6) is 5.88 Å². The van der Waals surface area contributed by atoms with E-state index < -0.39 is 0 Å². The van der Waals surface area contributed by atoms with Gasteiger partial charge in [0, 0.05) is 17.3 Å². The van der Waals surface area contributed by atoms with Crippen LogP contribution < -0.4 is 4.74 Å². The number of allylic oxidation sites excluding steroid dienone is 2. The minimum Gasteiger partial charge on any atom is -0.478 e. The number of ether oxygens (including phenoxy) is 1. The van der Waals surface area contributed by atoms with Crippen molar-refractivity contribution in [1.82, 2.24) is 9.97 Å². The lowest BCUT2D eigenvalue weighted by molar-refractivity contribution is 0.326. The molecular weight excluding hydrogens is 368 g/mol. The second kappa shape index (κ2) is 13.2. The van der Waals surface area contributed by atoms with Crippen molar-refractivity contribution < 1.29 is 4.74 Å². The molecule has 0 saturated heterocycles. The Morgan fingerprint density at radius 3 is 2.27 bits per heavy atom. The highest BCUT2D eigenvalue weighted by Crippen LogP contribution is 2.34. The summed E-state index contributed by atoms with van der Waals surface area (Å²) in [5, 5.41) is 0. The molecule has 166 valence electrons. The minimum absolute atomic E-state index is 0.536. The second-order valence-corrected chi connectivity index (χ2v) is 7.29. The summed E-state index contributed by atoms with van der Waals surface area (Å²) in [7, 11) is 0. The van der Waals surface area contributed by atoms with Gasteiger partial charge in [0.05, 0.1) is 18.0 Å². The lowest BCUT2D eigenvalue weighted by atomic mass is 9.88. The van der Waals surface area contributed by atoms with Gasteiger partial charge in [-0.1, -0.05) is 54.5 Å². The molecule has 0 unspecified atom stereocenters. The van der Waals surface area contributed by atoms with Crippen molar-refractivity contribution in [2.75, 3.05) is 6.61 Å². The van der Waals surface area contributed by atoms with Gasteiger partial charge in [-0.05, 0) is 74.3 Å². The predicted octanol–water partition coefficient (Wildman–Crippen LogP) is 7.84. The van der Waals surface area contributed by atoms with E-state index in [0.717, 1.165) is 48.3 Å². The van der Waals surface area contributed by atoms with Crippen LogP contribution in [-0.2, 0) is 12.8 Å². The molecule has 0 spiro atoms. The Bertz CT molecular complexity index is 824. The van der Waals surface area contributed by atoms with Crippen LogP contribution >= 0.6 is 0 Å². The largest absolute Gasteiger partial charge is 0.478 e. The Labute approximate surface area is 185 Å². The third kappa shape index (κ3) is 6.17. The number of hydrogen-bond acceptors (Lipinski definition) is 3. The molecule has 0 aliphatic rings. The molecule has 3 nitrogen and oxygen atoms in total. The predicted molar refractivity (Wildman–Crippen MR) is 131 cm³/mol. The fourth-order valence-corrected chi connectivity index (χ4v) is 3.65. The number of pyridine rings is 2. The zero-order chi connectivity index (χ0) is 22.7. The summed E-state index contributed by atoms with van der Waals surface area (Å²) < 4.78 is 5.60. The van der Waals surface area contributed by atoms with Crippen LogP contribution in [0, 0.1) is 12.8 Å². The number of aryl methyl sites for hydroxylation is 3. The summed E-state index contributed by atoms with van der Waals surface area (Å²) in [5.74, 6) is 1.23. The molecule has 2 rings (SSSR count). The Morgan fingerprint density at radius 1 is 1.03 bits per heavy atom. The SMILES string of the molecule is CC.CCC=C(c1cc(CC)c(-c2ccc(OCC)nc2CC)nc1C)[C@H](C)CC. The van der Waals surface area contributed by atoms with Gasteiger partial charge in [-0.3, -0.25) is 4.98 Å². The fraction of sp³-hybridized carbons (Fsp3) is 0.556. The van der Waals surface area contributed by atoms with Gasteiger partial charge in [-0.25, -0.2) is 4.98 Å². The maximum absolute atomic E-state index is 5.60. The first-order valence-electron chi connectivity index (χ1n) is 11.8. The normalized spacial score (nSPS) is 12.2. The van der Waals surface area contributed by atoms with Crippen molar-refractivity contribution in [3.63, 3.8) is 0 Å². The van der Waals surface area contributed by atoms with E-state index in [0.29, 0.717) is 18.4 Å². The lowest BCUT2D eigenvalue weighted by Gasteiger charge is -2.20. The topological polar surface area (TPSA) is 35.0 Å². The van der Waals surface area contributed by atoms with Gasteiger partial charge in [-0.15, -0.1) is 0 Å². The smallest absolute Gasteiger partial charge is 0.213 e. The van der Waals surface area contributed by atoms with Gasteiger partial charge < -0.3 is 4.74 Å². The van der Waals surface area contributed by atoms with E-state index in [-0.39, 0.29) is 0 Å². The van der Waals surface area contributed by atoms with Crippen molar-refractivity contribution in [2.24, 2.45) is 5.92 Å². The highest BCUT2D eigenvalue weighted by atomic mass is 16.5. The maximum Gasteiger partial charge on any atom is 0.213 e. The first-order valence-corrected chi connectivity index (χ1v) is 11.8. The zero-order valence-electron chi connectivity index (χ0n) is 20.7. The molecule has 0 saturated carbocycles. The molecule has 2 heterocycles. The summed E-state index contributed by atoms with van der Waals surface area (Å²) in [4.78, 5) is 9.81. The third-order valence-corrected chi connectivity index (χ3v) is 5.38. The average molecular weight is 411 g/mol. The molecule has 0 bridgehead atoms. The average Bonchev–Trinajstić information content (AvgIpc) is 2.78. The highest BCUT2D eigenvalue weighted by molar-refractivity contribution is 5.74. The van der Waals surface area contributed by atoms with Crippen LogP contribution in [0.2, 0.25) is 0 Å². The van der Waals surface area contributed by atoms with Gasteiger partial charge in [-0.2, -0.15) is 0 Å². The first-order chi connectivity index (χ1) is 14.5. The third-order valence-electron chi connectivity index (χ3n) is 5.38. The Morgan fingerprint density at radius 2 is 1.73 bits per heavy atom. The molecule has 0 radical (unpaired) electrons. The lowest BCUT2D eigenvalue weighted by Crippen LogP contribution is -2.06. The molecule has 0 N–H and O–H groups in total. The maximum atomic E-state index is 5.60. The van der Waals surface area contributed by atoms with Crippen LogP contribution in [0.15, 0.2) is 24.3 Å². The summed E-state index contributed by atoms with van der Waals surface area (Å²) in [6.07, 6.45) is 6.36. The van der Waals surface area contributed by atoms with E-state index in [1.54, 1.807) is 0 Å². The van der Waals surface area contributed by atoms with Gasteiger partial charge in [0.1, 0.15) is 0 Å². The molecule has 2 aromatic rings. The molecule has 30 heavy (non-hydrogen) atoms. The van der Waals surface area contributed by atoms with E-state index in [4.69, 9.17) is 14.7 Å². The summed E-state index contributed by atoms with van der Waals surface area (Å²) in [6, 6.07) is 6.44. The van der Waals surface area contributed by atoms with Crippen LogP contribution in [0.1, 0.15) is 90.7 Å². The molecule has 3 heteroatoms. The molecular formula is C27H42N2O. The van der Waals surface area contributed by atoms with Gasteiger partial charge in [0.15, 0.2) is 0 Å². The molecule has 0 aliphatic carbocycles. The van der Waals surface area contributed by atoms with E-state index in [1.807, 2.05) is 26.8 Å². The van der Waals surface area contributed by atoms with Crippen LogP contribution in [0.4, 0.5) is 0 Å². The van der Waals surface area contributed by atoms with E-state index in [1.165, 1.54) is 16.7 Å². The molecule has 0 aromatic carbocycles. The zero-order valence-corrected chi connectivity index (χ0v) is 20.7. The fourth-order valence-electron chi connectivity index (χ4n) is 3.65. The summed E-state index contributed by atoms with van der Waals surface area (Å²) >= 11 is 0. The van der Waals surface area contributed by atoms with Crippen LogP contribution in [0.25, 0.3) is 16.8 Å². The summed E-state index contributed by atoms with van der Waals surface area (Å²) in [5.41, 5.74) is 8.35. The Balaban J connectivity index is 0.00000218. The van der Waals surface area contributed by atoms with Crippen molar-refractivity contribution >= 4 is 5.57 Å².